The zero-order chi connectivity index (χ0) is 8.72. The van der Waals surface area contributed by atoms with E-state index in [0.717, 1.165) is 5.71 Å². The third kappa shape index (κ3) is 1.08. The van der Waals surface area contributed by atoms with Gasteiger partial charge in [0, 0.05) is 5.71 Å². The minimum Gasteiger partial charge on any atom is -0.233 e. The second-order valence-corrected chi connectivity index (χ2v) is 2.94. The number of hydrogen-bond acceptors (Lipinski definition) is 5. The smallest absolute Gasteiger partial charge is 0.169 e. The number of nitrogens with one attached hydrogen (secondary N) is 1. The van der Waals surface area contributed by atoms with Crippen molar-refractivity contribution in [2.24, 2.45) is 10.8 Å². The first kappa shape index (κ1) is 7.60. The molecule has 6 heteroatoms. The fraction of sp³-hybridized carbons (Fsp3) is 0.167. The molecule has 64 valence electrons. The highest BCUT2D eigenvalue weighted by Gasteiger charge is 2.23. The van der Waals surface area contributed by atoms with E-state index in [-0.39, 0.29) is 0 Å². The maximum atomic E-state index is 5.90. The Kier molecular flexibility index (Phi) is 1.57. The molecule has 0 unspecified atom stereocenters. The van der Waals surface area contributed by atoms with Crippen LogP contribution in [-0.4, -0.2) is 15.8 Å². The summed E-state index contributed by atoms with van der Waals surface area (Å²) in [7, 11) is 0. The van der Waals surface area contributed by atoms with Gasteiger partial charge in [0.1, 0.15) is 5.16 Å². The standard InChI is InChI=1S/C6H8ClN5/c1-4-2-5(7)12-6(9-4)3-11(8)10-12/h2-3,10H,8H2,1H3. The molecule has 0 spiro atoms. The van der Waals surface area contributed by atoms with Crippen molar-refractivity contribution in [1.29, 1.82) is 0 Å². The molecule has 5 nitrogen and oxygen atoms in total. The molecular weight excluding hydrogens is 178 g/mol. The van der Waals surface area contributed by atoms with Gasteiger partial charge in [0.2, 0.25) is 0 Å². The second kappa shape index (κ2) is 2.48. The van der Waals surface area contributed by atoms with Crippen LogP contribution in [0.1, 0.15) is 6.92 Å². The Labute approximate surface area is 74.7 Å². The van der Waals surface area contributed by atoms with E-state index in [4.69, 9.17) is 17.4 Å². The molecule has 2 aliphatic heterocycles. The average molecular weight is 186 g/mol. The van der Waals surface area contributed by atoms with Gasteiger partial charge in [0.25, 0.3) is 0 Å². The van der Waals surface area contributed by atoms with Gasteiger partial charge >= 0.3 is 0 Å². The second-order valence-electron chi connectivity index (χ2n) is 2.55. The summed E-state index contributed by atoms with van der Waals surface area (Å²) in [6.45, 7) is 1.87. The van der Waals surface area contributed by atoms with Crippen molar-refractivity contribution in [2.75, 3.05) is 0 Å². The number of halogens is 1. The fourth-order valence-corrected chi connectivity index (χ4v) is 1.35. The lowest BCUT2D eigenvalue weighted by atomic mass is 10.3. The molecule has 0 saturated heterocycles. The highest BCUT2D eigenvalue weighted by atomic mass is 35.5. The van der Waals surface area contributed by atoms with E-state index in [2.05, 4.69) is 10.5 Å². The summed E-state index contributed by atoms with van der Waals surface area (Å²) < 4.78 is 0. The Morgan fingerprint density at radius 2 is 2.42 bits per heavy atom. The fourth-order valence-electron chi connectivity index (χ4n) is 1.06. The first-order valence-corrected chi connectivity index (χ1v) is 3.79. The summed E-state index contributed by atoms with van der Waals surface area (Å²) in [6.07, 6.45) is 3.41. The molecule has 0 fully saturated rings. The van der Waals surface area contributed by atoms with E-state index >= 15 is 0 Å². The molecular formula is C6H8ClN5. The van der Waals surface area contributed by atoms with Crippen LogP contribution in [0.2, 0.25) is 0 Å². The average Bonchev–Trinajstić information content (AvgIpc) is 2.29. The van der Waals surface area contributed by atoms with Gasteiger partial charge in [0.05, 0.1) is 6.20 Å². The van der Waals surface area contributed by atoms with Crippen molar-refractivity contribution >= 4 is 17.3 Å². The van der Waals surface area contributed by atoms with Crippen molar-refractivity contribution in [3.8, 4) is 0 Å². The van der Waals surface area contributed by atoms with Crippen LogP contribution in [0.15, 0.2) is 28.2 Å². The Morgan fingerprint density at radius 1 is 1.67 bits per heavy atom. The molecule has 0 aromatic heterocycles. The van der Waals surface area contributed by atoms with Crippen LogP contribution in [0.3, 0.4) is 0 Å². The van der Waals surface area contributed by atoms with Crippen molar-refractivity contribution < 1.29 is 0 Å². The van der Waals surface area contributed by atoms with E-state index in [1.165, 1.54) is 5.12 Å². The predicted molar refractivity (Wildman–Crippen MR) is 46.1 cm³/mol. The lowest BCUT2D eigenvalue weighted by Crippen LogP contribution is -2.43. The molecule has 0 radical (unpaired) electrons. The first-order valence-electron chi connectivity index (χ1n) is 3.41. The van der Waals surface area contributed by atoms with Crippen LogP contribution in [0, 0.1) is 0 Å². The summed E-state index contributed by atoms with van der Waals surface area (Å²) in [5.74, 6) is 6.15. The summed E-state index contributed by atoms with van der Waals surface area (Å²) in [5.41, 5.74) is 3.63. The van der Waals surface area contributed by atoms with Crippen molar-refractivity contribution in [3.63, 3.8) is 0 Å². The van der Waals surface area contributed by atoms with Gasteiger partial charge in [-0.05, 0) is 13.0 Å². The predicted octanol–water partition coefficient (Wildman–Crippen LogP) is 0.251. The third-order valence-electron chi connectivity index (χ3n) is 1.53. The SMILES string of the molecule is CC1=NC2=CN(N)NN2C(Cl)=C1. The minimum absolute atomic E-state index is 0.557. The number of aliphatic imine (C=N–C) groups is 1. The summed E-state index contributed by atoms with van der Waals surface area (Å²) >= 11 is 5.90. The first-order chi connectivity index (χ1) is 5.66. The highest BCUT2D eigenvalue weighted by Crippen LogP contribution is 2.23. The number of hydrazine groups is 3. The molecule has 0 aromatic carbocycles. The lowest BCUT2D eigenvalue weighted by Gasteiger charge is -2.22. The Bertz CT molecular complexity index is 305. The number of rotatable bonds is 0. The molecule has 2 aliphatic rings. The van der Waals surface area contributed by atoms with Crippen LogP contribution < -0.4 is 11.4 Å². The van der Waals surface area contributed by atoms with E-state index in [9.17, 15) is 0 Å². The third-order valence-corrected chi connectivity index (χ3v) is 1.81. The summed E-state index contributed by atoms with van der Waals surface area (Å²) in [6, 6.07) is 0. The van der Waals surface area contributed by atoms with Crippen LogP contribution in [0.25, 0.3) is 0 Å². The number of nitrogens with zero attached hydrogens (tertiary/aromatic N) is 3. The monoisotopic (exact) mass is 185 g/mol. The van der Waals surface area contributed by atoms with Gasteiger partial charge in [-0.3, -0.25) is 0 Å². The van der Waals surface area contributed by atoms with E-state index in [1.54, 1.807) is 17.3 Å². The van der Waals surface area contributed by atoms with Gasteiger partial charge in [-0.2, -0.15) is 0 Å². The summed E-state index contributed by atoms with van der Waals surface area (Å²) in [5, 5.41) is 3.45. The summed E-state index contributed by atoms with van der Waals surface area (Å²) in [4.78, 5) is 4.20. The maximum absolute atomic E-state index is 5.90. The zero-order valence-electron chi connectivity index (χ0n) is 6.45. The van der Waals surface area contributed by atoms with Crippen LogP contribution in [-0.2, 0) is 0 Å². The van der Waals surface area contributed by atoms with Crippen molar-refractivity contribution in [1.82, 2.24) is 15.7 Å². The topological polar surface area (TPSA) is 56.9 Å². The van der Waals surface area contributed by atoms with Gasteiger partial charge in [-0.1, -0.05) is 11.6 Å². The van der Waals surface area contributed by atoms with Gasteiger partial charge in [-0.15, -0.1) is 5.53 Å². The molecule has 0 bridgehead atoms. The highest BCUT2D eigenvalue weighted by molar-refractivity contribution is 6.31. The number of hydrogen-bond donors (Lipinski definition) is 2. The molecule has 0 aromatic rings. The minimum atomic E-state index is 0.557. The lowest BCUT2D eigenvalue weighted by molar-refractivity contribution is 0.169. The quantitative estimate of drug-likeness (QED) is 0.420. The van der Waals surface area contributed by atoms with E-state index in [0.29, 0.717) is 11.0 Å². The molecule has 0 amide bonds. The van der Waals surface area contributed by atoms with E-state index < -0.39 is 0 Å². The molecule has 0 atom stereocenters. The van der Waals surface area contributed by atoms with Gasteiger partial charge in [-0.25, -0.2) is 21.0 Å². The Morgan fingerprint density at radius 3 is 3.17 bits per heavy atom. The van der Waals surface area contributed by atoms with Crippen molar-refractivity contribution in [3.05, 3.63) is 23.3 Å². The van der Waals surface area contributed by atoms with Gasteiger partial charge in [0.15, 0.2) is 5.82 Å². The molecule has 2 heterocycles. The van der Waals surface area contributed by atoms with Crippen LogP contribution >= 0.6 is 11.6 Å². The Hall–Kier alpha value is -1.04. The molecule has 3 N–H and O–H groups in total. The van der Waals surface area contributed by atoms with Crippen LogP contribution in [0.4, 0.5) is 0 Å². The largest absolute Gasteiger partial charge is 0.233 e. The van der Waals surface area contributed by atoms with E-state index in [1.807, 2.05) is 6.92 Å². The van der Waals surface area contributed by atoms with Gasteiger partial charge < -0.3 is 0 Å². The van der Waals surface area contributed by atoms with Crippen molar-refractivity contribution in [2.45, 2.75) is 6.92 Å². The molecule has 0 aliphatic carbocycles. The normalized spacial score (nSPS) is 21.8. The number of nitrogens with two attached hydrogens (primary N) is 1. The van der Waals surface area contributed by atoms with Crippen LogP contribution in [0.5, 0.6) is 0 Å². The zero-order valence-corrected chi connectivity index (χ0v) is 7.21. The maximum Gasteiger partial charge on any atom is 0.169 e. The number of allylic oxidation sites excluding steroid dienone is 1. The molecule has 12 heavy (non-hydrogen) atoms. The number of fused-ring (bicyclic) bond motifs is 1. The molecule has 2 rings (SSSR count). The Balaban J connectivity index is 2.37. The molecule has 0 saturated carbocycles.